The zero-order valence-corrected chi connectivity index (χ0v) is 13.1. The summed E-state index contributed by atoms with van der Waals surface area (Å²) in [6.45, 7) is 11.5. The highest BCUT2D eigenvalue weighted by molar-refractivity contribution is 5.92. The lowest BCUT2D eigenvalue weighted by atomic mass is 10.3. The standard InChI is InChI=1S/C15H26N4O/c1-5-11-19(12-6-2)14(20)13-9-10-16-15(17-13)18(7-3)8-4/h9-10H,5-8,11-12H2,1-4H3. The lowest BCUT2D eigenvalue weighted by Gasteiger charge is -2.22. The fraction of sp³-hybridized carbons (Fsp3) is 0.667. The molecule has 0 aliphatic heterocycles. The van der Waals surface area contributed by atoms with E-state index in [1.54, 1.807) is 12.3 Å². The first-order valence-electron chi connectivity index (χ1n) is 7.55. The normalized spacial score (nSPS) is 10.4. The zero-order valence-electron chi connectivity index (χ0n) is 13.1. The molecule has 1 rings (SSSR count). The predicted octanol–water partition coefficient (Wildman–Crippen LogP) is 2.59. The molecule has 1 aromatic rings. The Bertz CT molecular complexity index is 412. The van der Waals surface area contributed by atoms with E-state index in [0.717, 1.165) is 39.0 Å². The van der Waals surface area contributed by atoms with Gasteiger partial charge in [0, 0.05) is 32.4 Å². The topological polar surface area (TPSA) is 49.3 Å². The quantitative estimate of drug-likeness (QED) is 0.733. The number of aromatic nitrogens is 2. The van der Waals surface area contributed by atoms with Crippen LogP contribution in [0.1, 0.15) is 51.0 Å². The lowest BCUT2D eigenvalue weighted by Crippen LogP contribution is -2.33. The summed E-state index contributed by atoms with van der Waals surface area (Å²) in [5, 5.41) is 0. The summed E-state index contributed by atoms with van der Waals surface area (Å²) in [5.41, 5.74) is 0.490. The van der Waals surface area contributed by atoms with Crippen LogP contribution in [0.15, 0.2) is 12.3 Å². The first-order chi connectivity index (χ1) is 9.67. The van der Waals surface area contributed by atoms with Crippen LogP contribution in [0.25, 0.3) is 0 Å². The molecule has 1 amide bonds. The molecule has 0 aliphatic rings. The van der Waals surface area contributed by atoms with E-state index in [2.05, 4.69) is 37.7 Å². The molecule has 0 N–H and O–H groups in total. The average molecular weight is 278 g/mol. The van der Waals surface area contributed by atoms with E-state index in [0.29, 0.717) is 11.6 Å². The fourth-order valence-electron chi connectivity index (χ4n) is 2.14. The van der Waals surface area contributed by atoms with Gasteiger partial charge >= 0.3 is 0 Å². The van der Waals surface area contributed by atoms with Crippen LogP contribution in [0.5, 0.6) is 0 Å². The summed E-state index contributed by atoms with van der Waals surface area (Å²) in [5.74, 6) is 0.637. The van der Waals surface area contributed by atoms with Crippen molar-refractivity contribution >= 4 is 11.9 Å². The molecule has 0 aromatic carbocycles. The highest BCUT2D eigenvalue weighted by Crippen LogP contribution is 2.10. The lowest BCUT2D eigenvalue weighted by molar-refractivity contribution is 0.0749. The summed E-state index contributed by atoms with van der Waals surface area (Å²) in [6, 6.07) is 1.70. The Morgan fingerprint density at radius 1 is 1.10 bits per heavy atom. The molecule has 0 fully saturated rings. The van der Waals surface area contributed by atoms with Gasteiger partial charge in [0.1, 0.15) is 5.69 Å². The van der Waals surface area contributed by atoms with Crippen molar-refractivity contribution in [3.05, 3.63) is 18.0 Å². The van der Waals surface area contributed by atoms with Gasteiger partial charge in [-0.3, -0.25) is 4.79 Å². The first kappa shape index (κ1) is 16.4. The second kappa shape index (κ2) is 8.51. The average Bonchev–Trinajstić information content (AvgIpc) is 2.48. The van der Waals surface area contributed by atoms with Crippen molar-refractivity contribution in [1.29, 1.82) is 0 Å². The van der Waals surface area contributed by atoms with Crippen molar-refractivity contribution in [3.8, 4) is 0 Å². The van der Waals surface area contributed by atoms with Crippen LogP contribution < -0.4 is 4.90 Å². The van der Waals surface area contributed by atoms with Crippen LogP contribution >= 0.6 is 0 Å². The molecule has 1 heterocycles. The summed E-state index contributed by atoms with van der Waals surface area (Å²) in [7, 11) is 0. The summed E-state index contributed by atoms with van der Waals surface area (Å²) < 4.78 is 0. The van der Waals surface area contributed by atoms with Crippen molar-refractivity contribution < 1.29 is 4.79 Å². The third-order valence-corrected chi connectivity index (χ3v) is 3.18. The van der Waals surface area contributed by atoms with E-state index < -0.39 is 0 Å². The number of carbonyl (C=O) groups excluding carboxylic acids is 1. The second-order valence-electron chi connectivity index (χ2n) is 4.71. The van der Waals surface area contributed by atoms with Gasteiger partial charge in [0.15, 0.2) is 0 Å². The number of rotatable bonds is 8. The van der Waals surface area contributed by atoms with Crippen LogP contribution in [0.2, 0.25) is 0 Å². The van der Waals surface area contributed by atoms with Gasteiger partial charge in [-0.25, -0.2) is 9.97 Å². The maximum absolute atomic E-state index is 12.5. The number of hydrogen-bond acceptors (Lipinski definition) is 4. The number of anilines is 1. The number of carbonyl (C=O) groups is 1. The summed E-state index contributed by atoms with van der Waals surface area (Å²) in [6.07, 6.45) is 3.59. The predicted molar refractivity (Wildman–Crippen MR) is 82.1 cm³/mol. The highest BCUT2D eigenvalue weighted by Gasteiger charge is 2.17. The number of hydrogen-bond donors (Lipinski definition) is 0. The molecule has 20 heavy (non-hydrogen) atoms. The van der Waals surface area contributed by atoms with Crippen LogP contribution in [0.3, 0.4) is 0 Å². The van der Waals surface area contributed by atoms with Gasteiger partial charge in [-0.1, -0.05) is 13.8 Å². The molecule has 112 valence electrons. The Balaban J connectivity index is 2.94. The van der Waals surface area contributed by atoms with Gasteiger partial charge in [0.05, 0.1) is 0 Å². The Kier molecular flexibility index (Phi) is 6.98. The largest absolute Gasteiger partial charge is 0.341 e. The second-order valence-corrected chi connectivity index (χ2v) is 4.71. The number of nitrogens with zero attached hydrogens (tertiary/aromatic N) is 4. The molecule has 0 spiro atoms. The minimum absolute atomic E-state index is 0.00417. The molecular weight excluding hydrogens is 252 g/mol. The SMILES string of the molecule is CCCN(CCC)C(=O)c1ccnc(N(CC)CC)n1. The van der Waals surface area contributed by atoms with E-state index >= 15 is 0 Å². The van der Waals surface area contributed by atoms with Gasteiger partial charge in [-0.2, -0.15) is 0 Å². The Morgan fingerprint density at radius 2 is 1.70 bits per heavy atom. The van der Waals surface area contributed by atoms with Gasteiger partial charge < -0.3 is 9.80 Å². The molecular formula is C15H26N4O. The van der Waals surface area contributed by atoms with Gasteiger partial charge in [-0.05, 0) is 32.8 Å². The minimum atomic E-state index is 0.00417. The molecule has 0 saturated heterocycles. The van der Waals surface area contributed by atoms with Crippen LogP contribution in [0, 0.1) is 0 Å². The maximum Gasteiger partial charge on any atom is 0.272 e. The van der Waals surface area contributed by atoms with Crippen LogP contribution in [-0.2, 0) is 0 Å². The molecule has 0 unspecified atom stereocenters. The fourth-order valence-corrected chi connectivity index (χ4v) is 2.14. The summed E-state index contributed by atoms with van der Waals surface area (Å²) in [4.78, 5) is 25.1. The molecule has 1 aromatic heterocycles. The van der Waals surface area contributed by atoms with Gasteiger partial charge in [0.25, 0.3) is 5.91 Å². The molecule has 0 bridgehead atoms. The van der Waals surface area contributed by atoms with Crippen molar-refractivity contribution in [2.24, 2.45) is 0 Å². The molecule has 0 radical (unpaired) electrons. The molecule has 0 saturated carbocycles. The molecule has 5 heteroatoms. The number of amides is 1. The zero-order chi connectivity index (χ0) is 15.0. The molecule has 0 aliphatic carbocycles. The van der Waals surface area contributed by atoms with Crippen molar-refractivity contribution in [2.75, 3.05) is 31.1 Å². The summed E-state index contributed by atoms with van der Waals surface area (Å²) >= 11 is 0. The van der Waals surface area contributed by atoms with E-state index in [4.69, 9.17) is 0 Å². The third-order valence-electron chi connectivity index (χ3n) is 3.18. The third kappa shape index (κ3) is 4.18. The molecule has 5 nitrogen and oxygen atoms in total. The van der Waals surface area contributed by atoms with Gasteiger partial charge in [-0.15, -0.1) is 0 Å². The van der Waals surface area contributed by atoms with E-state index in [-0.39, 0.29) is 5.91 Å². The van der Waals surface area contributed by atoms with Crippen molar-refractivity contribution in [1.82, 2.24) is 14.9 Å². The van der Waals surface area contributed by atoms with Crippen LogP contribution in [0.4, 0.5) is 5.95 Å². The minimum Gasteiger partial charge on any atom is -0.341 e. The first-order valence-corrected chi connectivity index (χ1v) is 7.55. The highest BCUT2D eigenvalue weighted by atomic mass is 16.2. The van der Waals surface area contributed by atoms with E-state index in [9.17, 15) is 4.79 Å². The Labute approximate surface area is 122 Å². The van der Waals surface area contributed by atoms with Crippen molar-refractivity contribution in [3.63, 3.8) is 0 Å². The monoisotopic (exact) mass is 278 g/mol. The van der Waals surface area contributed by atoms with E-state index in [1.165, 1.54) is 0 Å². The Hall–Kier alpha value is -1.65. The smallest absolute Gasteiger partial charge is 0.272 e. The van der Waals surface area contributed by atoms with Gasteiger partial charge in [0.2, 0.25) is 5.95 Å². The van der Waals surface area contributed by atoms with Crippen molar-refractivity contribution in [2.45, 2.75) is 40.5 Å². The van der Waals surface area contributed by atoms with E-state index in [1.807, 2.05) is 9.80 Å². The molecule has 0 atom stereocenters. The van der Waals surface area contributed by atoms with Crippen LogP contribution in [-0.4, -0.2) is 47.0 Å². The maximum atomic E-state index is 12.5. The Morgan fingerprint density at radius 3 is 2.20 bits per heavy atom.